The number of para-hydroxylation sites is 2. The Balaban J connectivity index is 1.51. The van der Waals surface area contributed by atoms with Crippen LogP contribution in [0.15, 0.2) is 52.9 Å². The van der Waals surface area contributed by atoms with Gasteiger partial charge in [0.05, 0.1) is 12.8 Å². The van der Waals surface area contributed by atoms with Crippen molar-refractivity contribution in [2.24, 2.45) is 0 Å². The van der Waals surface area contributed by atoms with E-state index in [0.717, 1.165) is 12.1 Å². The topological polar surface area (TPSA) is 61.1 Å². The maximum absolute atomic E-state index is 14.1. The lowest BCUT2D eigenvalue weighted by molar-refractivity contribution is -0.120. The van der Waals surface area contributed by atoms with Crippen LogP contribution in [0.2, 0.25) is 0 Å². The summed E-state index contributed by atoms with van der Waals surface area (Å²) in [5.74, 6) is -1.23. The fourth-order valence-electron chi connectivity index (χ4n) is 3.21. The molecule has 0 bridgehead atoms. The molecule has 3 aromatic rings. The van der Waals surface area contributed by atoms with E-state index in [2.05, 4.69) is 0 Å². The molecule has 0 atom stereocenters. The van der Waals surface area contributed by atoms with Crippen LogP contribution in [0.4, 0.5) is 14.5 Å². The number of hydrogen-bond acceptors (Lipinski definition) is 5. The van der Waals surface area contributed by atoms with Gasteiger partial charge in [-0.1, -0.05) is 12.1 Å². The highest BCUT2D eigenvalue weighted by molar-refractivity contribution is 6.05. The quantitative estimate of drug-likeness (QED) is 0.464. The number of amides is 1. The number of furan rings is 1. The first-order valence-corrected chi connectivity index (χ1v) is 8.94. The van der Waals surface area contributed by atoms with E-state index in [9.17, 15) is 13.6 Å². The Morgan fingerprint density at radius 1 is 1.07 bits per heavy atom. The maximum atomic E-state index is 14.1. The van der Waals surface area contributed by atoms with E-state index in [0.29, 0.717) is 36.4 Å². The molecule has 0 fully saturated rings. The number of carbonyl (C=O) groups excluding carboxylic acids is 1. The van der Waals surface area contributed by atoms with Gasteiger partial charge in [-0.3, -0.25) is 9.68 Å². The van der Waals surface area contributed by atoms with Crippen molar-refractivity contribution in [2.75, 3.05) is 18.6 Å². The third kappa shape index (κ3) is 3.73. The van der Waals surface area contributed by atoms with Crippen molar-refractivity contribution >= 4 is 11.6 Å². The van der Waals surface area contributed by atoms with Gasteiger partial charge in [0.15, 0.2) is 11.5 Å². The van der Waals surface area contributed by atoms with E-state index in [1.807, 2.05) is 0 Å². The van der Waals surface area contributed by atoms with E-state index in [1.54, 1.807) is 24.3 Å². The highest BCUT2D eigenvalue weighted by atomic mass is 19.1. The third-order valence-electron chi connectivity index (χ3n) is 4.56. The van der Waals surface area contributed by atoms with Crippen molar-refractivity contribution in [3.63, 3.8) is 0 Å². The van der Waals surface area contributed by atoms with Gasteiger partial charge in [0.2, 0.25) is 5.75 Å². The molecule has 0 unspecified atom stereocenters. The minimum absolute atomic E-state index is 0.0406. The second-order valence-electron chi connectivity index (χ2n) is 6.38. The number of anilines is 1. The van der Waals surface area contributed by atoms with Crippen molar-refractivity contribution in [1.29, 1.82) is 0 Å². The number of halogens is 2. The lowest BCUT2D eigenvalue weighted by Crippen LogP contribution is -2.35. The molecule has 2 aromatic carbocycles. The van der Waals surface area contributed by atoms with E-state index < -0.39 is 17.5 Å². The number of hydrogen-bond donors (Lipinski definition) is 0. The largest absolute Gasteiger partial charge is 0.493 e. The van der Waals surface area contributed by atoms with Gasteiger partial charge in [-0.15, -0.1) is 0 Å². The summed E-state index contributed by atoms with van der Waals surface area (Å²) in [5.41, 5.74) is 0.524. The summed E-state index contributed by atoms with van der Waals surface area (Å²) in [6, 6.07) is 11.7. The van der Waals surface area contributed by atoms with Crippen molar-refractivity contribution < 1.29 is 32.5 Å². The Bertz CT molecular complexity index is 1050. The van der Waals surface area contributed by atoms with Gasteiger partial charge >= 0.3 is 5.95 Å². The minimum Gasteiger partial charge on any atom is -0.493 e. The second-order valence-corrected chi connectivity index (χ2v) is 6.38. The zero-order valence-electron chi connectivity index (χ0n) is 15.5. The number of fused-ring (bicyclic) bond motifs is 1. The number of nitrogens with zero attached hydrogens (tertiary/aromatic N) is 1. The molecule has 0 saturated heterocycles. The van der Waals surface area contributed by atoms with Gasteiger partial charge in [-0.2, -0.15) is 0 Å². The first-order valence-electron chi connectivity index (χ1n) is 8.94. The molecule has 2 heterocycles. The average molecular weight is 401 g/mol. The third-order valence-corrected chi connectivity index (χ3v) is 4.56. The van der Waals surface area contributed by atoms with Crippen LogP contribution in [-0.4, -0.2) is 19.6 Å². The molecule has 150 valence electrons. The molecule has 0 N–H and O–H groups in total. The zero-order chi connectivity index (χ0) is 20.4. The Hall–Kier alpha value is -3.55. The second kappa shape index (κ2) is 7.83. The molecule has 4 rings (SSSR count). The van der Waals surface area contributed by atoms with Gasteiger partial charge in [-0.05, 0) is 37.1 Å². The highest BCUT2D eigenvalue weighted by Crippen LogP contribution is 2.32. The molecule has 29 heavy (non-hydrogen) atoms. The van der Waals surface area contributed by atoms with Crippen LogP contribution < -0.4 is 19.4 Å². The molecule has 0 radical (unpaired) electrons. The standard InChI is InChI=1S/C21H17F2NO5/c1-26-17-6-2-3-7-18(17)28-29-20-9-8-19(27-20)21(25)24-10-4-5-14-15(23)11-13(22)12-16(14)24/h2-3,6-9,11-12H,4-5,10H2,1H3. The van der Waals surface area contributed by atoms with E-state index in [4.69, 9.17) is 18.9 Å². The smallest absolute Gasteiger partial charge is 0.336 e. The zero-order valence-corrected chi connectivity index (χ0v) is 15.5. The average Bonchev–Trinajstić information content (AvgIpc) is 3.20. The van der Waals surface area contributed by atoms with Gasteiger partial charge in [0.1, 0.15) is 11.6 Å². The Kier molecular flexibility index (Phi) is 5.07. The van der Waals surface area contributed by atoms with Crippen LogP contribution in [0.25, 0.3) is 0 Å². The summed E-state index contributed by atoms with van der Waals surface area (Å²) in [6.07, 6.45) is 0.993. The van der Waals surface area contributed by atoms with Crippen LogP contribution in [0, 0.1) is 11.6 Å². The fraction of sp³-hybridized carbons (Fsp3) is 0.190. The summed E-state index contributed by atoms with van der Waals surface area (Å²) >= 11 is 0. The van der Waals surface area contributed by atoms with Gasteiger partial charge < -0.3 is 14.1 Å². The lowest BCUT2D eigenvalue weighted by Gasteiger charge is -2.29. The Morgan fingerprint density at radius 3 is 2.66 bits per heavy atom. The fourth-order valence-corrected chi connectivity index (χ4v) is 3.21. The van der Waals surface area contributed by atoms with Crippen molar-refractivity contribution in [1.82, 2.24) is 0 Å². The van der Waals surface area contributed by atoms with E-state index >= 15 is 0 Å². The summed E-state index contributed by atoms with van der Waals surface area (Å²) in [5, 5.41) is 0. The molecule has 0 saturated carbocycles. The molecule has 8 heteroatoms. The van der Waals surface area contributed by atoms with Gasteiger partial charge in [-0.25, -0.2) is 13.7 Å². The number of ether oxygens (including phenoxy) is 1. The molecule has 6 nitrogen and oxygen atoms in total. The van der Waals surface area contributed by atoms with Crippen LogP contribution in [0.1, 0.15) is 22.5 Å². The predicted molar refractivity (Wildman–Crippen MR) is 99.3 cm³/mol. The summed E-state index contributed by atoms with van der Waals surface area (Å²) in [6.45, 7) is 0.323. The van der Waals surface area contributed by atoms with Crippen LogP contribution in [0.5, 0.6) is 17.4 Å². The number of rotatable bonds is 5. The Labute approximate surface area is 165 Å². The maximum Gasteiger partial charge on any atom is 0.336 e. The SMILES string of the molecule is COc1ccccc1OOc1ccc(C(=O)N2CCCc3c(F)cc(F)cc32)o1. The van der Waals surface area contributed by atoms with Crippen molar-refractivity contribution in [3.05, 3.63) is 71.5 Å². The van der Waals surface area contributed by atoms with Crippen LogP contribution in [-0.2, 0) is 6.42 Å². The molecule has 1 aliphatic heterocycles. The molecule has 1 amide bonds. The summed E-state index contributed by atoms with van der Waals surface area (Å²) in [4.78, 5) is 24.5. The number of carbonyl (C=O) groups is 1. The first kappa shape index (κ1) is 18.8. The first-order chi connectivity index (χ1) is 14.1. The number of benzene rings is 2. The van der Waals surface area contributed by atoms with Gasteiger partial charge in [0.25, 0.3) is 5.91 Å². The molecular weight excluding hydrogens is 384 g/mol. The molecule has 0 spiro atoms. The van der Waals surface area contributed by atoms with Gasteiger partial charge in [0, 0.05) is 24.2 Å². The summed E-state index contributed by atoms with van der Waals surface area (Å²) < 4.78 is 38.3. The molecule has 1 aliphatic rings. The monoisotopic (exact) mass is 401 g/mol. The predicted octanol–water partition coefficient (Wildman–Crippen LogP) is 4.53. The van der Waals surface area contributed by atoms with Crippen molar-refractivity contribution in [3.8, 4) is 17.4 Å². The number of methoxy groups -OCH3 is 1. The van der Waals surface area contributed by atoms with Crippen LogP contribution >= 0.6 is 0 Å². The van der Waals surface area contributed by atoms with Crippen LogP contribution in [0.3, 0.4) is 0 Å². The van der Waals surface area contributed by atoms with E-state index in [-0.39, 0.29) is 17.4 Å². The Morgan fingerprint density at radius 2 is 1.86 bits per heavy atom. The molecule has 0 aliphatic carbocycles. The minimum atomic E-state index is -0.741. The van der Waals surface area contributed by atoms with Crippen molar-refractivity contribution in [2.45, 2.75) is 12.8 Å². The molecular formula is C21H17F2NO5. The van der Waals surface area contributed by atoms with E-state index in [1.165, 1.54) is 24.1 Å². The summed E-state index contributed by atoms with van der Waals surface area (Å²) in [7, 11) is 1.49. The highest BCUT2D eigenvalue weighted by Gasteiger charge is 2.28. The normalized spacial score (nSPS) is 13.0. The molecule has 1 aromatic heterocycles. The lowest BCUT2D eigenvalue weighted by atomic mass is 10.0.